The maximum Gasteiger partial charge on any atom is 0.303 e. The maximum absolute atomic E-state index is 13.2. The first-order valence-electron chi connectivity index (χ1n) is 13.2. The van der Waals surface area contributed by atoms with Crippen molar-refractivity contribution in [3.8, 4) is 0 Å². The molecule has 10 nitrogen and oxygen atoms in total. The number of aliphatic carboxylic acids is 1. The van der Waals surface area contributed by atoms with Gasteiger partial charge in [0.2, 0.25) is 0 Å². The number of nitrogens with one attached hydrogen (secondary N) is 3. The highest BCUT2D eigenvalue weighted by atomic mass is 79.9. The van der Waals surface area contributed by atoms with Crippen molar-refractivity contribution >= 4 is 98.8 Å². The van der Waals surface area contributed by atoms with Gasteiger partial charge in [-0.25, -0.2) is 0 Å². The summed E-state index contributed by atoms with van der Waals surface area (Å²) in [4.78, 5) is 59.1. The molecular formula is C29H29Br4N5O5. The lowest BCUT2D eigenvalue weighted by atomic mass is 10.1. The Morgan fingerprint density at radius 2 is 1.00 bits per heavy atom. The van der Waals surface area contributed by atoms with Crippen LogP contribution < -0.4 is 16.0 Å². The minimum absolute atomic E-state index is 0.0796. The number of halogens is 4. The lowest BCUT2D eigenvalue weighted by Crippen LogP contribution is -2.25. The van der Waals surface area contributed by atoms with E-state index in [1.54, 1.807) is 30.3 Å². The Labute approximate surface area is 282 Å². The number of unbranched alkanes of at least 4 members (excludes halogenated alkanes) is 2. The van der Waals surface area contributed by atoms with Gasteiger partial charge in [0.25, 0.3) is 17.7 Å². The molecule has 0 bridgehead atoms. The highest BCUT2D eigenvalue weighted by molar-refractivity contribution is 9.09. The number of hydrogen-bond donors (Lipinski definition) is 4. The Bertz CT molecular complexity index is 1360. The molecule has 1 aromatic carbocycles. The van der Waals surface area contributed by atoms with E-state index in [4.69, 9.17) is 5.11 Å². The van der Waals surface area contributed by atoms with E-state index >= 15 is 0 Å². The van der Waals surface area contributed by atoms with Gasteiger partial charge in [0, 0.05) is 62.4 Å². The Kier molecular flexibility index (Phi) is 14.2. The Balaban J connectivity index is 1.86. The number of nitrogens with zero attached hydrogens (tertiary/aromatic N) is 2. The summed E-state index contributed by atoms with van der Waals surface area (Å²) in [5.74, 6) is -2.06. The largest absolute Gasteiger partial charge is 0.481 e. The van der Waals surface area contributed by atoms with Gasteiger partial charge in [0.1, 0.15) is 0 Å². The summed E-state index contributed by atoms with van der Waals surface area (Å²) in [7, 11) is 0. The van der Waals surface area contributed by atoms with E-state index in [1.165, 1.54) is 12.1 Å². The quantitative estimate of drug-likeness (QED) is 0.0957. The fraction of sp³-hybridized carbons (Fsp3) is 0.310. The number of anilines is 2. The second-order valence-electron chi connectivity index (χ2n) is 9.38. The summed E-state index contributed by atoms with van der Waals surface area (Å²) in [6, 6.07) is 11.3. The van der Waals surface area contributed by atoms with Gasteiger partial charge >= 0.3 is 5.97 Å². The van der Waals surface area contributed by atoms with E-state index < -0.39 is 23.7 Å². The molecule has 0 unspecified atom stereocenters. The first-order valence-corrected chi connectivity index (χ1v) is 17.7. The van der Waals surface area contributed by atoms with Gasteiger partial charge < -0.3 is 21.1 Å². The molecule has 3 amide bonds. The van der Waals surface area contributed by atoms with Crippen LogP contribution in [0.15, 0.2) is 42.5 Å². The van der Waals surface area contributed by atoms with Crippen LogP contribution in [0, 0.1) is 0 Å². The summed E-state index contributed by atoms with van der Waals surface area (Å²) < 4.78 is 0. The van der Waals surface area contributed by atoms with E-state index in [0.29, 0.717) is 92.4 Å². The van der Waals surface area contributed by atoms with E-state index in [0.717, 1.165) is 0 Å². The molecule has 0 aliphatic carbocycles. The minimum atomic E-state index is -0.852. The number of aromatic nitrogens is 2. The Morgan fingerprint density at radius 3 is 1.40 bits per heavy atom. The second kappa shape index (κ2) is 17.6. The number of carboxylic acid groups (broad SMARTS) is 1. The number of carbonyl (C=O) groups is 4. The van der Waals surface area contributed by atoms with Gasteiger partial charge in [-0.15, -0.1) is 0 Å². The van der Waals surface area contributed by atoms with Crippen LogP contribution in [-0.4, -0.2) is 45.3 Å². The number of hydrogen-bond acceptors (Lipinski definition) is 6. The van der Waals surface area contributed by atoms with E-state index in [-0.39, 0.29) is 12.0 Å². The molecule has 0 aliphatic heterocycles. The maximum atomic E-state index is 13.2. The summed E-state index contributed by atoms with van der Waals surface area (Å²) >= 11 is 13.5. The van der Waals surface area contributed by atoms with Crippen LogP contribution in [0.3, 0.4) is 0 Å². The number of alkyl halides is 4. The predicted molar refractivity (Wildman–Crippen MR) is 180 cm³/mol. The van der Waals surface area contributed by atoms with E-state index in [9.17, 15) is 19.2 Å². The summed E-state index contributed by atoms with van der Waals surface area (Å²) in [6.45, 7) is 0.347. The standard InChI is InChI=1S/C29H29Br4N5O5/c30-13-22-8-18(9-23(14-31)35-22)28(42)37-20-6-17(27(41)34-5-3-1-2-4-26(39)40)7-21(12-20)38-29(43)19-10-24(15-32)36-25(11-19)16-33/h6-12H,1-5,13-16H2,(H,34,41)(H,37,42)(H,38,43)(H,39,40). The molecule has 3 rings (SSSR count). The molecule has 0 saturated carbocycles. The first kappa shape index (κ1) is 34.8. The normalized spacial score (nSPS) is 10.7. The molecule has 14 heteroatoms. The first-order chi connectivity index (χ1) is 20.6. The van der Waals surface area contributed by atoms with Crippen LogP contribution in [0.2, 0.25) is 0 Å². The average molecular weight is 847 g/mol. The molecule has 0 fully saturated rings. The van der Waals surface area contributed by atoms with Crippen LogP contribution >= 0.6 is 63.7 Å². The minimum Gasteiger partial charge on any atom is -0.481 e. The second-order valence-corrected chi connectivity index (χ2v) is 11.6. The molecule has 228 valence electrons. The Hall–Kier alpha value is -2.68. The summed E-state index contributed by atoms with van der Waals surface area (Å²) in [5.41, 5.74) is 4.39. The zero-order valence-electron chi connectivity index (χ0n) is 22.9. The lowest BCUT2D eigenvalue weighted by molar-refractivity contribution is -0.137. The third kappa shape index (κ3) is 11.1. The SMILES string of the molecule is O=C(O)CCCCCNC(=O)c1cc(NC(=O)c2cc(CBr)nc(CBr)c2)cc(NC(=O)c2cc(CBr)nc(CBr)c2)c1. The van der Waals surface area contributed by atoms with Crippen LogP contribution in [0.25, 0.3) is 0 Å². The fourth-order valence-electron chi connectivity index (χ4n) is 4.03. The number of rotatable bonds is 15. The van der Waals surface area contributed by atoms with Gasteiger partial charge in [-0.3, -0.25) is 29.1 Å². The van der Waals surface area contributed by atoms with Gasteiger partial charge in [-0.05, 0) is 55.3 Å². The zero-order chi connectivity index (χ0) is 31.4. The van der Waals surface area contributed by atoms with Crippen LogP contribution in [0.5, 0.6) is 0 Å². The average Bonchev–Trinajstić information content (AvgIpc) is 3.01. The van der Waals surface area contributed by atoms with E-state index in [1.807, 2.05) is 0 Å². The molecular weight excluding hydrogens is 818 g/mol. The fourth-order valence-corrected chi connectivity index (χ4v) is 5.18. The van der Waals surface area contributed by atoms with Gasteiger partial charge in [0.05, 0.1) is 22.8 Å². The van der Waals surface area contributed by atoms with E-state index in [2.05, 4.69) is 89.6 Å². The van der Waals surface area contributed by atoms with Crippen molar-refractivity contribution in [3.05, 3.63) is 81.9 Å². The molecule has 0 atom stereocenters. The highest BCUT2D eigenvalue weighted by Crippen LogP contribution is 2.23. The zero-order valence-corrected chi connectivity index (χ0v) is 29.2. The molecule has 3 aromatic rings. The highest BCUT2D eigenvalue weighted by Gasteiger charge is 2.16. The molecule has 2 aromatic heterocycles. The molecule has 0 aliphatic rings. The third-order valence-corrected chi connectivity index (χ3v) is 8.30. The van der Waals surface area contributed by atoms with Gasteiger partial charge in [-0.1, -0.05) is 70.1 Å². The number of benzene rings is 1. The van der Waals surface area contributed by atoms with Gasteiger partial charge in [-0.2, -0.15) is 0 Å². The van der Waals surface area contributed by atoms with Crippen LogP contribution in [-0.2, 0) is 26.1 Å². The molecule has 2 heterocycles. The summed E-state index contributed by atoms with van der Waals surface area (Å²) in [5, 5.41) is 19.2. The van der Waals surface area contributed by atoms with Gasteiger partial charge in [0.15, 0.2) is 0 Å². The summed E-state index contributed by atoms with van der Waals surface area (Å²) in [6.07, 6.45) is 1.87. The van der Waals surface area contributed by atoms with Crippen LogP contribution in [0.1, 0.15) is 79.5 Å². The number of amides is 3. The molecule has 0 spiro atoms. The molecule has 4 N–H and O–H groups in total. The number of carbonyl (C=O) groups excluding carboxylic acids is 3. The number of carboxylic acids is 1. The monoisotopic (exact) mass is 843 g/mol. The lowest BCUT2D eigenvalue weighted by Gasteiger charge is -2.14. The molecule has 43 heavy (non-hydrogen) atoms. The van der Waals surface area contributed by atoms with Crippen LogP contribution in [0.4, 0.5) is 11.4 Å². The van der Waals surface area contributed by atoms with Crippen molar-refractivity contribution < 1.29 is 24.3 Å². The topological polar surface area (TPSA) is 150 Å². The third-order valence-electron chi connectivity index (χ3n) is 6.00. The van der Waals surface area contributed by atoms with Crippen molar-refractivity contribution in [2.24, 2.45) is 0 Å². The predicted octanol–water partition coefficient (Wildman–Crippen LogP) is 6.94. The van der Waals surface area contributed by atoms with Crippen molar-refractivity contribution in [1.29, 1.82) is 0 Å². The number of pyridine rings is 2. The molecule has 0 radical (unpaired) electrons. The smallest absolute Gasteiger partial charge is 0.303 e. The van der Waals surface area contributed by atoms with Crippen molar-refractivity contribution in [2.75, 3.05) is 17.2 Å². The Morgan fingerprint density at radius 1 is 0.581 bits per heavy atom. The van der Waals surface area contributed by atoms with Crippen molar-refractivity contribution in [3.63, 3.8) is 0 Å². The molecule has 0 saturated heterocycles. The van der Waals surface area contributed by atoms with Crippen molar-refractivity contribution in [2.45, 2.75) is 47.0 Å². The van der Waals surface area contributed by atoms with Crippen molar-refractivity contribution in [1.82, 2.24) is 15.3 Å².